The van der Waals surface area contributed by atoms with Crippen LogP contribution < -0.4 is 5.56 Å². The normalized spacial score (nSPS) is 11.1. The Morgan fingerprint density at radius 2 is 1.67 bits per heavy atom. The zero-order valence-electron chi connectivity index (χ0n) is 16.0. The van der Waals surface area contributed by atoms with E-state index in [9.17, 15) is 4.79 Å². The van der Waals surface area contributed by atoms with Crippen LogP contribution in [-0.2, 0) is 0 Å². The molecule has 0 aliphatic rings. The van der Waals surface area contributed by atoms with Crippen LogP contribution in [0.15, 0.2) is 92.8 Å². The van der Waals surface area contributed by atoms with E-state index in [4.69, 9.17) is 4.52 Å². The molecule has 0 atom stereocenters. The fraction of sp³-hybridized carbons (Fsp3) is 0.0417. The third-order valence-corrected chi connectivity index (χ3v) is 5.67. The second-order valence-electron chi connectivity index (χ2n) is 7.01. The van der Waals surface area contributed by atoms with Crippen LogP contribution in [-0.4, -0.2) is 14.7 Å². The van der Waals surface area contributed by atoms with Crippen molar-refractivity contribution in [2.45, 2.75) is 6.92 Å². The van der Waals surface area contributed by atoms with Crippen LogP contribution in [0.25, 0.3) is 39.3 Å². The highest BCUT2D eigenvalue weighted by atomic mass is 79.9. The van der Waals surface area contributed by atoms with Gasteiger partial charge in [-0.05, 0) is 42.8 Å². The lowest BCUT2D eigenvalue weighted by Crippen LogP contribution is -2.18. The lowest BCUT2D eigenvalue weighted by molar-refractivity contribution is 0.432. The Balaban J connectivity index is 1.75. The van der Waals surface area contributed by atoms with Crippen molar-refractivity contribution in [3.05, 3.63) is 99.4 Å². The molecule has 6 heteroatoms. The van der Waals surface area contributed by atoms with Gasteiger partial charge in [-0.1, -0.05) is 63.6 Å². The molecule has 0 spiro atoms. The minimum absolute atomic E-state index is 0.0921. The molecule has 3 aromatic carbocycles. The third-order valence-electron chi connectivity index (χ3n) is 4.98. The van der Waals surface area contributed by atoms with Crippen LogP contribution >= 0.6 is 15.9 Å². The number of aryl methyl sites for hydroxylation is 1. The van der Waals surface area contributed by atoms with E-state index in [0.717, 1.165) is 26.7 Å². The van der Waals surface area contributed by atoms with E-state index >= 15 is 0 Å². The van der Waals surface area contributed by atoms with E-state index in [-0.39, 0.29) is 5.56 Å². The lowest BCUT2D eigenvalue weighted by atomic mass is 10.1. The van der Waals surface area contributed by atoms with Gasteiger partial charge in [0.2, 0.25) is 5.82 Å². The molecule has 0 N–H and O–H groups in total. The van der Waals surface area contributed by atoms with Crippen LogP contribution in [0.4, 0.5) is 0 Å². The highest BCUT2D eigenvalue weighted by Gasteiger charge is 2.18. The maximum atomic E-state index is 13.2. The molecular formula is C24H16BrN3O2. The van der Waals surface area contributed by atoms with Gasteiger partial charge in [-0.3, -0.25) is 9.36 Å². The predicted molar refractivity (Wildman–Crippen MR) is 121 cm³/mol. The Labute approximate surface area is 180 Å². The molecule has 0 saturated heterocycles. The summed E-state index contributed by atoms with van der Waals surface area (Å²) in [6.45, 7) is 2.00. The van der Waals surface area contributed by atoms with Crippen LogP contribution in [0.1, 0.15) is 5.56 Å². The number of aromatic nitrogens is 3. The molecule has 2 aromatic heterocycles. The third kappa shape index (κ3) is 3.15. The smallest absolute Gasteiger partial charge is 0.262 e. The van der Waals surface area contributed by atoms with Crippen LogP contribution in [0.2, 0.25) is 0 Å². The number of rotatable bonds is 3. The van der Waals surface area contributed by atoms with Gasteiger partial charge in [0.15, 0.2) is 0 Å². The van der Waals surface area contributed by atoms with Gasteiger partial charge < -0.3 is 4.52 Å². The van der Waals surface area contributed by atoms with Crippen molar-refractivity contribution < 1.29 is 4.52 Å². The summed E-state index contributed by atoms with van der Waals surface area (Å²) in [5, 5.41) is 5.53. The van der Waals surface area contributed by atoms with Crippen molar-refractivity contribution in [3.8, 4) is 28.5 Å². The molecule has 5 rings (SSSR count). The molecule has 2 heterocycles. The lowest BCUT2D eigenvalue weighted by Gasteiger charge is -2.11. The number of halogens is 1. The van der Waals surface area contributed by atoms with Gasteiger partial charge in [-0.25, -0.2) is 0 Å². The highest BCUT2D eigenvalue weighted by Crippen LogP contribution is 2.31. The summed E-state index contributed by atoms with van der Waals surface area (Å²) in [6.07, 6.45) is 1.77. The van der Waals surface area contributed by atoms with Gasteiger partial charge >= 0.3 is 0 Å². The predicted octanol–water partition coefficient (Wildman–Crippen LogP) is 5.78. The number of hydrogen-bond acceptors (Lipinski definition) is 4. The van der Waals surface area contributed by atoms with E-state index in [0.29, 0.717) is 22.7 Å². The zero-order chi connectivity index (χ0) is 20.7. The van der Waals surface area contributed by atoms with Crippen LogP contribution in [0.5, 0.6) is 0 Å². The molecule has 0 bridgehead atoms. The molecule has 5 aromatic rings. The minimum atomic E-state index is -0.0921. The Morgan fingerprint density at radius 1 is 0.900 bits per heavy atom. The first-order valence-corrected chi connectivity index (χ1v) is 10.2. The Hall–Kier alpha value is -3.51. The fourth-order valence-corrected chi connectivity index (χ4v) is 3.98. The van der Waals surface area contributed by atoms with E-state index in [2.05, 4.69) is 26.1 Å². The Bertz CT molecular complexity index is 1450. The minimum Gasteiger partial charge on any atom is -0.334 e. The van der Waals surface area contributed by atoms with Crippen LogP contribution in [0, 0.1) is 6.92 Å². The van der Waals surface area contributed by atoms with Gasteiger partial charge in [0.25, 0.3) is 11.4 Å². The second-order valence-corrected chi connectivity index (χ2v) is 7.86. The average Bonchev–Trinajstić information content (AvgIpc) is 3.24. The van der Waals surface area contributed by atoms with Gasteiger partial charge in [0.1, 0.15) is 0 Å². The quantitative estimate of drug-likeness (QED) is 0.344. The average molecular weight is 458 g/mol. The summed E-state index contributed by atoms with van der Waals surface area (Å²) in [7, 11) is 0. The van der Waals surface area contributed by atoms with Crippen molar-refractivity contribution in [2.75, 3.05) is 0 Å². The Morgan fingerprint density at radius 3 is 2.47 bits per heavy atom. The standard InChI is InChI=1S/C24H16BrN3O2/c1-15-7-6-8-16(13-15)28-14-20(17-9-2-3-10-18(17)24(28)29)23-26-22(27-30-23)19-11-4-5-12-21(19)25/h2-14H,1H3. The van der Waals surface area contributed by atoms with Gasteiger partial charge in [-0.2, -0.15) is 4.98 Å². The largest absolute Gasteiger partial charge is 0.334 e. The van der Waals surface area contributed by atoms with Gasteiger partial charge in [-0.15, -0.1) is 0 Å². The van der Waals surface area contributed by atoms with E-state index in [1.807, 2.05) is 79.7 Å². The molecular weight excluding hydrogens is 442 g/mol. The van der Waals surface area contributed by atoms with Crippen molar-refractivity contribution in [3.63, 3.8) is 0 Å². The molecule has 30 heavy (non-hydrogen) atoms. The van der Waals surface area contributed by atoms with Crippen molar-refractivity contribution in [2.24, 2.45) is 0 Å². The van der Waals surface area contributed by atoms with Crippen molar-refractivity contribution in [1.82, 2.24) is 14.7 Å². The molecule has 146 valence electrons. The molecule has 0 radical (unpaired) electrons. The molecule has 0 aliphatic carbocycles. The zero-order valence-corrected chi connectivity index (χ0v) is 17.6. The van der Waals surface area contributed by atoms with Crippen LogP contribution in [0.3, 0.4) is 0 Å². The summed E-state index contributed by atoms with van der Waals surface area (Å²) in [5.74, 6) is 0.841. The molecule has 0 unspecified atom stereocenters. The monoisotopic (exact) mass is 457 g/mol. The second kappa shape index (κ2) is 7.39. The topological polar surface area (TPSA) is 60.9 Å². The van der Waals surface area contributed by atoms with Gasteiger partial charge in [0, 0.05) is 32.7 Å². The summed E-state index contributed by atoms with van der Waals surface area (Å²) >= 11 is 3.53. The van der Waals surface area contributed by atoms with Gasteiger partial charge in [0.05, 0.1) is 5.56 Å². The van der Waals surface area contributed by atoms with E-state index in [1.54, 1.807) is 10.8 Å². The molecule has 0 amide bonds. The summed E-state index contributed by atoms with van der Waals surface area (Å²) in [4.78, 5) is 17.8. The van der Waals surface area contributed by atoms with E-state index in [1.165, 1.54) is 0 Å². The molecule has 0 aliphatic heterocycles. The molecule has 5 nitrogen and oxygen atoms in total. The number of pyridine rings is 1. The summed E-state index contributed by atoms with van der Waals surface area (Å²) in [6, 6.07) is 23.0. The number of hydrogen-bond donors (Lipinski definition) is 0. The first-order chi connectivity index (χ1) is 14.6. The number of nitrogens with zero attached hydrogens (tertiary/aromatic N) is 3. The van der Waals surface area contributed by atoms with Crippen molar-refractivity contribution in [1.29, 1.82) is 0 Å². The van der Waals surface area contributed by atoms with Crippen molar-refractivity contribution >= 4 is 26.7 Å². The first-order valence-electron chi connectivity index (χ1n) is 9.42. The maximum absolute atomic E-state index is 13.2. The highest BCUT2D eigenvalue weighted by molar-refractivity contribution is 9.10. The Kier molecular flexibility index (Phi) is 4.56. The van der Waals surface area contributed by atoms with E-state index < -0.39 is 0 Å². The summed E-state index contributed by atoms with van der Waals surface area (Å²) in [5.41, 5.74) is 3.31. The molecule has 0 fully saturated rings. The fourth-order valence-electron chi connectivity index (χ4n) is 3.52. The molecule has 0 saturated carbocycles. The first kappa shape index (κ1) is 18.5. The maximum Gasteiger partial charge on any atom is 0.262 e. The summed E-state index contributed by atoms with van der Waals surface area (Å²) < 4.78 is 8.14. The SMILES string of the molecule is Cc1cccc(-n2cc(-c3nc(-c4ccccc4Br)no3)c3ccccc3c2=O)c1. The number of fused-ring (bicyclic) bond motifs is 1. The number of benzene rings is 3.